The molecule has 1 atom stereocenters. The van der Waals surface area contributed by atoms with Crippen molar-refractivity contribution in [2.24, 2.45) is 10.2 Å². The lowest BCUT2D eigenvalue weighted by molar-refractivity contribution is -0.118. The maximum absolute atomic E-state index is 12.4. The number of rotatable bonds is 5. The molecule has 0 aliphatic carbocycles. The zero-order valence-corrected chi connectivity index (χ0v) is 16.3. The number of benzene rings is 2. The van der Waals surface area contributed by atoms with Crippen molar-refractivity contribution in [2.45, 2.75) is 24.0 Å². The smallest absolute Gasteiger partial charge is 0.339 e. The van der Waals surface area contributed by atoms with E-state index in [4.69, 9.17) is 4.18 Å². The summed E-state index contributed by atoms with van der Waals surface area (Å²) in [4.78, 5) is 11.5. The minimum absolute atomic E-state index is 0.0627. The quantitative estimate of drug-likeness (QED) is 0.470. The van der Waals surface area contributed by atoms with Gasteiger partial charge in [0.2, 0.25) is 5.91 Å². The summed E-state index contributed by atoms with van der Waals surface area (Å²) < 4.78 is 30.2. The highest BCUT2D eigenvalue weighted by atomic mass is 32.2. The minimum Gasteiger partial charge on any atom is -0.378 e. The summed E-state index contributed by atoms with van der Waals surface area (Å²) in [6, 6.07) is 12.9. The molecular formula is C18H17N3O4S2. The fourth-order valence-corrected chi connectivity index (χ4v) is 3.98. The van der Waals surface area contributed by atoms with Gasteiger partial charge in [-0.1, -0.05) is 41.6 Å². The van der Waals surface area contributed by atoms with Crippen LogP contribution in [-0.2, 0) is 14.9 Å². The van der Waals surface area contributed by atoms with Gasteiger partial charge in [-0.2, -0.15) is 13.5 Å². The summed E-state index contributed by atoms with van der Waals surface area (Å²) in [6.07, 6.45) is 1.39. The molecule has 27 heavy (non-hydrogen) atoms. The molecule has 9 heteroatoms. The highest BCUT2D eigenvalue weighted by molar-refractivity contribution is 8.15. The monoisotopic (exact) mass is 403 g/mol. The Morgan fingerprint density at radius 3 is 2.59 bits per heavy atom. The van der Waals surface area contributed by atoms with Crippen LogP contribution in [-0.4, -0.2) is 31.0 Å². The summed E-state index contributed by atoms with van der Waals surface area (Å²) in [5.41, 5.74) is 1.37. The number of amides is 1. The van der Waals surface area contributed by atoms with Crippen molar-refractivity contribution >= 4 is 39.2 Å². The van der Waals surface area contributed by atoms with E-state index in [1.807, 2.05) is 6.92 Å². The van der Waals surface area contributed by atoms with Gasteiger partial charge in [-0.25, -0.2) is 0 Å². The average molecular weight is 403 g/mol. The van der Waals surface area contributed by atoms with E-state index < -0.39 is 10.1 Å². The molecule has 0 bridgehead atoms. The number of carbonyl (C=O) groups excluding carboxylic acids is 1. The zero-order chi connectivity index (χ0) is 19.4. The normalized spacial score (nSPS) is 18.8. The van der Waals surface area contributed by atoms with Gasteiger partial charge in [0.1, 0.15) is 4.90 Å². The van der Waals surface area contributed by atoms with Gasteiger partial charge in [-0.3, -0.25) is 4.79 Å². The number of nitrogens with zero attached hydrogens (tertiary/aromatic N) is 2. The summed E-state index contributed by atoms with van der Waals surface area (Å²) >= 11 is 1.27. The fourth-order valence-electron chi connectivity index (χ4n) is 2.25. The zero-order valence-electron chi connectivity index (χ0n) is 14.6. The predicted octanol–water partition coefficient (Wildman–Crippen LogP) is 2.70. The Labute approximate surface area is 161 Å². The van der Waals surface area contributed by atoms with Crippen LogP contribution in [0, 0.1) is 6.92 Å². The van der Waals surface area contributed by atoms with Crippen molar-refractivity contribution in [1.29, 1.82) is 0 Å². The first kappa shape index (κ1) is 19.1. The molecule has 2 aromatic rings. The number of hydrogen-bond acceptors (Lipinski definition) is 7. The molecule has 2 aromatic carbocycles. The molecule has 1 aliphatic heterocycles. The summed E-state index contributed by atoms with van der Waals surface area (Å²) in [5, 5.41) is 10.7. The molecule has 0 radical (unpaired) electrons. The van der Waals surface area contributed by atoms with Crippen LogP contribution < -0.4 is 9.50 Å². The number of nitrogens with one attached hydrogen (secondary N) is 1. The largest absolute Gasteiger partial charge is 0.378 e. The Morgan fingerprint density at radius 1 is 1.19 bits per heavy atom. The van der Waals surface area contributed by atoms with Crippen molar-refractivity contribution in [1.82, 2.24) is 5.32 Å². The molecule has 1 fully saturated rings. The molecule has 1 N–H and O–H groups in total. The van der Waals surface area contributed by atoms with Crippen molar-refractivity contribution < 1.29 is 17.4 Å². The molecular weight excluding hydrogens is 386 g/mol. The highest BCUT2D eigenvalue weighted by Crippen LogP contribution is 2.23. The Morgan fingerprint density at radius 2 is 1.93 bits per heavy atom. The second kappa shape index (κ2) is 7.93. The Kier molecular flexibility index (Phi) is 5.62. The molecule has 1 aliphatic rings. The number of aryl methyl sites for hydroxylation is 1. The SMILES string of the molecule is Cc1ccc(OS(=O)(=O)c2ccccc2)c(C=NN=C2NC(=O)[C@@H](C)S2)c1. The molecule has 0 unspecified atom stereocenters. The lowest BCUT2D eigenvalue weighted by atomic mass is 10.1. The summed E-state index contributed by atoms with van der Waals surface area (Å²) in [7, 11) is -3.96. The lowest BCUT2D eigenvalue weighted by Crippen LogP contribution is -2.23. The van der Waals surface area contributed by atoms with Gasteiger partial charge < -0.3 is 9.50 Å². The van der Waals surface area contributed by atoms with Gasteiger partial charge in [0.15, 0.2) is 10.9 Å². The van der Waals surface area contributed by atoms with Crippen LogP contribution in [0.25, 0.3) is 0 Å². The first-order chi connectivity index (χ1) is 12.8. The van der Waals surface area contributed by atoms with Crippen LogP contribution in [0.2, 0.25) is 0 Å². The molecule has 0 saturated carbocycles. The van der Waals surface area contributed by atoms with E-state index in [9.17, 15) is 13.2 Å². The standard InChI is InChI=1S/C18H17N3O4S2/c1-12-8-9-16(25-27(23,24)15-6-4-3-5-7-15)14(10-12)11-19-21-18-20-17(22)13(2)26-18/h3-11,13H,1-2H3,(H,20,21,22)/t13-/m1/s1. The highest BCUT2D eigenvalue weighted by Gasteiger charge is 2.25. The van der Waals surface area contributed by atoms with Gasteiger partial charge in [-0.15, -0.1) is 5.10 Å². The maximum atomic E-state index is 12.4. The Hall–Kier alpha value is -2.65. The molecule has 7 nitrogen and oxygen atoms in total. The number of amidine groups is 1. The van der Waals surface area contributed by atoms with Gasteiger partial charge in [0, 0.05) is 5.56 Å². The minimum atomic E-state index is -3.96. The van der Waals surface area contributed by atoms with Gasteiger partial charge in [0.25, 0.3) is 0 Å². The van der Waals surface area contributed by atoms with Crippen molar-refractivity contribution in [3.8, 4) is 5.75 Å². The van der Waals surface area contributed by atoms with Crippen LogP contribution in [0.3, 0.4) is 0 Å². The van der Waals surface area contributed by atoms with E-state index in [1.54, 1.807) is 43.3 Å². The van der Waals surface area contributed by atoms with Crippen molar-refractivity contribution in [3.05, 3.63) is 59.7 Å². The number of thioether (sulfide) groups is 1. The molecule has 3 rings (SSSR count). The topological polar surface area (TPSA) is 97.2 Å². The fraction of sp³-hybridized carbons (Fsp3) is 0.167. The first-order valence-corrected chi connectivity index (χ1v) is 10.3. The molecule has 0 spiro atoms. The second-order valence-electron chi connectivity index (χ2n) is 5.79. The van der Waals surface area contributed by atoms with E-state index in [1.165, 1.54) is 30.1 Å². The number of hydrogen-bond donors (Lipinski definition) is 1. The van der Waals surface area contributed by atoms with E-state index in [0.717, 1.165) is 5.56 Å². The summed E-state index contributed by atoms with van der Waals surface area (Å²) in [5.74, 6) is 0.0207. The maximum Gasteiger partial charge on any atom is 0.339 e. The summed E-state index contributed by atoms with van der Waals surface area (Å²) in [6.45, 7) is 3.64. The van der Waals surface area contributed by atoms with Crippen LogP contribution in [0.15, 0.2) is 63.6 Å². The molecule has 1 heterocycles. The lowest BCUT2D eigenvalue weighted by Gasteiger charge is -2.09. The first-order valence-electron chi connectivity index (χ1n) is 8.04. The third-order valence-electron chi connectivity index (χ3n) is 3.63. The van der Waals surface area contributed by atoms with Crippen molar-refractivity contribution in [3.63, 3.8) is 0 Å². The van der Waals surface area contributed by atoms with E-state index >= 15 is 0 Å². The van der Waals surface area contributed by atoms with Gasteiger partial charge in [0.05, 0.1) is 11.5 Å². The third-order valence-corrected chi connectivity index (χ3v) is 5.85. The molecule has 0 aromatic heterocycles. The van der Waals surface area contributed by atoms with Crippen molar-refractivity contribution in [2.75, 3.05) is 0 Å². The molecule has 1 amide bonds. The van der Waals surface area contributed by atoms with Crippen LogP contribution in [0.4, 0.5) is 0 Å². The van der Waals surface area contributed by atoms with Gasteiger partial charge >= 0.3 is 10.1 Å². The second-order valence-corrected chi connectivity index (χ2v) is 8.67. The third kappa shape index (κ3) is 4.75. The molecule has 140 valence electrons. The van der Waals surface area contributed by atoms with E-state index in [2.05, 4.69) is 15.5 Å². The Balaban J connectivity index is 1.85. The van der Waals surface area contributed by atoms with Crippen LogP contribution >= 0.6 is 11.8 Å². The number of carbonyl (C=O) groups is 1. The van der Waals surface area contributed by atoms with Gasteiger partial charge in [-0.05, 0) is 38.1 Å². The van der Waals surface area contributed by atoms with Crippen LogP contribution in [0.1, 0.15) is 18.1 Å². The Bertz CT molecular complexity index is 1020. The predicted molar refractivity (Wildman–Crippen MR) is 106 cm³/mol. The average Bonchev–Trinajstić information content (AvgIpc) is 2.96. The van der Waals surface area contributed by atoms with Crippen LogP contribution in [0.5, 0.6) is 5.75 Å². The van der Waals surface area contributed by atoms with E-state index in [0.29, 0.717) is 10.7 Å². The molecule has 1 saturated heterocycles. The van der Waals surface area contributed by atoms with E-state index in [-0.39, 0.29) is 21.8 Å².